The first kappa shape index (κ1) is 15.8. The van der Waals surface area contributed by atoms with Gasteiger partial charge < -0.3 is 4.42 Å². The Morgan fingerprint density at radius 1 is 1.21 bits per heavy atom. The highest BCUT2D eigenvalue weighted by Gasteiger charge is 2.17. The highest BCUT2D eigenvalue weighted by atomic mass is 19.2. The molecule has 7 nitrogen and oxygen atoms in total. The minimum atomic E-state index is -1.12. The van der Waals surface area contributed by atoms with Crippen LogP contribution in [0.4, 0.5) is 14.8 Å². The molecule has 1 aromatic carbocycles. The van der Waals surface area contributed by atoms with Crippen LogP contribution in [0.1, 0.15) is 30.2 Å². The Kier molecular flexibility index (Phi) is 4.07. The summed E-state index contributed by atoms with van der Waals surface area (Å²) in [5.74, 6) is -2.66. The normalized spacial score (nSPS) is 11.0. The van der Waals surface area contributed by atoms with Gasteiger partial charge in [0.25, 0.3) is 11.8 Å². The molecule has 0 fully saturated rings. The van der Waals surface area contributed by atoms with E-state index in [0.29, 0.717) is 5.69 Å². The lowest BCUT2D eigenvalue weighted by molar-refractivity contribution is 0.102. The molecule has 3 aromatic rings. The van der Waals surface area contributed by atoms with E-state index in [2.05, 4.69) is 20.6 Å². The first-order chi connectivity index (χ1) is 11.5. The lowest BCUT2D eigenvalue weighted by Gasteiger charge is -2.07. The summed E-state index contributed by atoms with van der Waals surface area (Å²) >= 11 is 0. The summed E-state index contributed by atoms with van der Waals surface area (Å²) in [5, 5.41) is 14.1. The van der Waals surface area contributed by atoms with Crippen LogP contribution in [0.15, 0.2) is 34.9 Å². The molecule has 9 heteroatoms. The molecule has 1 N–H and O–H groups in total. The van der Waals surface area contributed by atoms with Crippen LogP contribution in [0.5, 0.6) is 0 Å². The second-order valence-electron chi connectivity index (χ2n) is 5.25. The number of rotatable bonds is 4. The highest BCUT2D eigenvalue weighted by molar-refractivity contribution is 6.03. The first-order valence-electron chi connectivity index (χ1n) is 7.09. The van der Waals surface area contributed by atoms with Gasteiger partial charge in [-0.2, -0.15) is 5.10 Å². The van der Waals surface area contributed by atoms with Gasteiger partial charge in [-0.25, -0.2) is 8.78 Å². The Morgan fingerprint density at radius 2 is 2.00 bits per heavy atom. The van der Waals surface area contributed by atoms with Gasteiger partial charge in [0.05, 0.1) is 0 Å². The fraction of sp³-hybridized carbons (Fsp3) is 0.200. The molecule has 3 rings (SSSR count). The van der Waals surface area contributed by atoms with Gasteiger partial charge in [-0.3, -0.25) is 14.8 Å². The van der Waals surface area contributed by atoms with E-state index < -0.39 is 17.5 Å². The van der Waals surface area contributed by atoms with E-state index in [1.54, 1.807) is 16.9 Å². The molecular weight excluding hydrogens is 320 g/mol. The number of hydrogen-bond donors (Lipinski definition) is 1. The minimum absolute atomic E-state index is 0.0686. The van der Waals surface area contributed by atoms with E-state index in [1.165, 1.54) is 0 Å². The third-order valence-corrected chi connectivity index (χ3v) is 3.21. The Labute approximate surface area is 135 Å². The van der Waals surface area contributed by atoms with E-state index in [1.807, 2.05) is 13.8 Å². The van der Waals surface area contributed by atoms with Crippen LogP contribution in [-0.2, 0) is 0 Å². The topological polar surface area (TPSA) is 85.8 Å². The third kappa shape index (κ3) is 3.00. The number of carbonyl (C=O) groups is 1. The lowest BCUT2D eigenvalue weighted by atomic mass is 10.2. The molecule has 2 aromatic heterocycles. The predicted molar refractivity (Wildman–Crippen MR) is 80.2 cm³/mol. The van der Waals surface area contributed by atoms with E-state index in [9.17, 15) is 13.6 Å². The van der Waals surface area contributed by atoms with E-state index in [4.69, 9.17) is 4.42 Å². The molecule has 0 aliphatic carbocycles. The van der Waals surface area contributed by atoms with Gasteiger partial charge in [0.1, 0.15) is 5.69 Å². The van der Waals surface area contributed by atoms with Crippen molar-refractivity contribution in [1.82, 2.24) is 20.0 Å². The molecule has 1 amide bonds. The molecule has 0 atom stereocenters. The van der Waals surface area contributed by atoms with Gasteiger partial charge in [0.2, 0.25) is 0 Å². The standard InChI is InChI=1S/C15H13F2N5O2/c1-8(2)22-12(5-6-18-22)14-20-21-15(24-14)19-13(23)9-3-4-10(16)11(17)7-9/h3-8H,1-2H3,(H,19,21,23). The number of anilines is 1. The quantitative estimate of drug-likeness (QED) is 0.793. The third-order valence-electron chi connectivity index (χ3n) is 3.21. The van der Waals surface area contributed by atoms with Crippen LogP contribution < -0.4 is 5.32 Å². The van der Waals surface area contributed by atoms with Crippen molar-refractivity contribution in [1.29, 1.82) is 0 Å². The fourth-order valence-electron chi connectivity index (χ4n) is 2.08. The van der Waals surface area contributed by atoms with Crippen LogP contribution in [-0.4, -0.2) is 25.9 Å². The van der Waals surface area contributed by atoms with Gasteiger partial charge in [-0.1, -0.05) is 5.10 Å². The van der Waals surface area contributed by atoms with Gasteiger partial charge in [-0.15, -0.1) is 5.10 Å². The Bertz CT molecular complexity index is 888. The zero-order chi connectivity index (χ0) is 17.3. The van der Waals surface area contributed by atoms with Gasteiger partial charge in [0.15, 0.2) is 11.6 Å². The summed E-state index contributed by atoms with van der Waals surface area (Å²) in [7, 11) is 0. The van der Waals surface area contributed by atoms with Crippen molar-refractivity contribution < 1.29 is 18.0 Å². The van der Waals surface area contributed by atoms with E-state index in [0.717, 1.165) is 18.2 Å². The lowest BCUT2D eigenvalue weighted by Crippen LogP contribution is -2.12. The summed E-state index contributed by atoms with van der Waals surface area (Å²) in [4.78, 5) is 12.0. The number of halogens is 2. The maximum absolute atomic E-state index is 13.2. The molecule has 0 aliphatic rings. The largest absolute Gasteiger partial charge is 0.401 e. The zero-order valence-electron chi connectivity index (χ0n) is 12.8. The van der Waals surface area contributed by atoms with E-state index >= 15 is 0 Å². The van der Waals surface area contributed by atoms with Crippen molar-refractivity contribution in [2.45, 2.75) is 19.9 Å². The summed E-state index contributed by atoms with van der Waals surface area (Å²) < 4.78 is 33.1. The maximum atomic E-state index is 13.2. The van der Waals surface area contributed by atoms with E-state index in [-0.39, 0.29) is 23.5 Å². The number of aromatic nitrogens is 4. The minimum Gasteiger partial charge on any atom is -0.401 e. The average Bonchev–Trinajstić information content (AvgIpc) is 3.18. The van der Waals surface area contributed by atoms with Crippen molar-refractivity contribution in [3.63, 3.8) is 0 Å². The highest BCUT2D eigenvalue weighted by Crippen LogP contribution is 2.22. The fourth-order valence-corrected chi connectivity index (χ4v) is 2.08. The van der Waals surface area contributed by atoms with Crippen LogP contribution in [0.2, 0.25) is 0 Å². The van der Waals surface area contributed by atoms with Crippen LogP contribution in [0, 0.1) is 11.6 Å². The number of nitrogens with one attached hydrogen (secondary N) is 1. The van der Waals surface area contributed by atoms with Crippen molar-refractivity contribution in [3.8, 4) is 11.6 Å². The summed E-state index contributed by atoms with van der Waals surface area (Å²) in [6, 6.07) is 4.44. The molecule has 0 saturated carbocycles. The van der Waals surface area contributed by atoms with Gasteiger partial charge in [0, 0.05) is 17.8 Å². The second kappa shape index (κ2) is 6.19. The average molecular weight is 333 g/mol. The van der Waals surface area contributed by atoms with Crippen molar-refractivity contribution in [2.24, 2.45) is 0 Å². The van der Waals surface area contributed by atoms with Gasteiger partial charge in [-0.05, 0) is 38.1 Å². The molecule has 0 aliphatic heterocycles. The summed E-state index contributed by atoms with van der Waals surface area (Å²) in [6.45, 7) is 3.89. The smallest absolute Gasteiger partial charge is 0.322 e. The molecule has 2 heterocycles. The number of hydrogen-bond acceptors (Lipinski definition) is 5. The van der Waals surface area contributed by atoms with Crippen molar-refractivity contribution in [3.05, 3.63) is 47.7 Å². The van der Waals surface area contributed by atoms with Crippen molar-refractivity contribution in [2.75, 3.05) is 5.32 Å². The number of nitrogens with zero attached hydrogens (tertiary/aromatic N) is 4. The molecule has 0 unspecified atom stereocenters. The predicted octanol–water partition coefficient (Wildman–Crippen LogP) is 3.04. The molecule has 0 saturated heterocycles. The SMILES string of the molecule is CC(C)n1nccc1-c1nnc(NC(=O)c2ccc(F)c(F)c2)o1. The van der Waals surface area contributed by atoms with Gasteiger partial charge >= 0.3 is 6.01 Å². The number of carbonyl (C=O) groups excluding carboxylic acids is 1. The van der Waals surface area contributed by atoms with Crippen LogP contribution in [0.25, 0.3) is 11.6 Å². The zero-order valence-corrected chi connectivity index (χ0v) is 12.8. The molecule has 0 radical (unpaired) electrons. The maximum Gasteiger partial charge on any atom is 0.322 e. The number of amides is 1. The molecule has 0 spiro atoms. The Balaban J connectivity index is 1.79. The van der Waals surface area contributed by atoms with Crippen LogP contribution >= 0.6 is 0 Å². The molecule has 124 valence electrons. The Hall–Kier alpha value is -3.10. The molecular formula is C15H13F2N5O2. The van der Waals surface area contributed by atoms with Crippen molar-refractivity contribution >= 4 is 11.9 Å². The first-order valence-corrected chi connectivity index (χ1v) is 7.09. The molecule has 0 bridgehead atoms. The monoisotopic (exact) mass is 333 g/mol. The summed E-state index contributed by atoms with van der Waals surface area (Å²) in [5.41, 5.74) is 0.534. The second-order valence-corrected chi connectivity index (χ2v) is 5.25. The molecule has 24 heavy (non-hydrogen) atoms. The Morgan fingerprint density at radius 3 is 2.71 bits per heavy atom. The number of benzene rings is 1. The summed E-state index contributed by atoms with van der Waals surface area (Å²) in [6.07, 6.45) is 1.60. The van der Waals surface area contributed by atoms with Crippen LogP contribution in [0.3, 0.4) is 0 Å².